The van der Waals surface area contributed by atoms with Gasteiger partial charge >= 0.3 is 0 Å². The van der Waals surface area contributed by atoms with Gasteiger partial charge in [0, 0.05) is 17.5 Å². The molecule has 0 saturated heterocycles. The third-order valence-electron chi connectivity index (χ3n) is 2.86. The van der Waals surface area contributed by atoms with Crippen LogP contribution < -0.4 is 5.32 Å². The molecule has 0 atom stereocenters. The molecule has 0 aliphatic carbocycles. The Morgan fingerprint density at radius 2 is 1.89 bits per heavy atom. The second-order valence-corrected chi connectivity index (χ2v) is 5.46. The van der Waals surface area contributed by atoms with Crippen molar-refractivity contribution >= 4 is 27.4 Å². The number of thiophene rings is 1. The van der Waals surface area contributed by atoms with E-state index in [4.69, 9.17) is 0 Å². The Morgan fingerprint density at radius 1 is 1.16 bits per heavy atom. The highest BCUT2D eigenvalue weighted by atomic mass is 32.1. The zero-order valence-corrected chi connectivity index (χ0v) is 11.4. The van der Waals surface area contributed by atoms with Crippen LogP contribution >= 0.6 is 11.3 Å². The zero-order valence-electron chi connectivity index (χ0n) is 10.6. The van der Waals surface area contributed by atoms with Gasteiger partial charge in [-0.2, -0.15) is 0 Å². The smallest absolute Gasteiger partial charge is 0.163 e. The fourth-order valence-electron chi connectivity index (χ4n) is 1.96. The van der Waals surface area contributed by atoms with Crippen molar-refractivity contribution in [3.8, 4) is 11.4 Å². The molecule has 96 valence electrons. The number of rotatable bonds is 2. The number of nitrogens with zero attached hydrogens (tertiary/aromatic N) is 2. The summed E-state index contributed by atoms with van der Waals surface area (Å²) in [4.78, 5) is 11.2. The second-order valence-electron chi connectivity index (χ2n) is 4.23. The summed E-state index contributed by atoms with van der Waals surface area (Å²) in [6.07, 6.45) is 0. The first-order valence-corrected chi connectivity index (χ1v) is 6.71. The molecule has 0 aliphatic heterocycles. The van der Waals surface area contributed by atoms with E-state index < -0.39 is 0 Å². The van der Waals surface area contributed by atoms with Crippen LogP contribution in [-0.4, -0.2) is 17.0 Å². The van der Waals surface area contributed by atoms with Crippen LogP contribution in [0.25, 0.3) is 21.6 Å². The quantitative estimate of drug-likeness (QED) is 0.770. The monoisotopic (exact) mass is 273 g/mol. The number of fused-ring (bicyclic) bond motifs is 1. The van der Waals surface area contributed by atoms with Gasteiger partial charge in [-0.15, -0.1) is 11.3 Å². The molecule has 0 bridgehead atoms. The molecule has 3 aromatic rings. The van der Waals surface area contributed by atoms with Crippen molar-refractivity contribution in [2.45, 2.75) is 6.92 Å². The van der Waals surface area contributed by atoms with Crippen molar-refractivity contribution in [2.75, 3.05) is 12.4 Å². The fraction of sp³-hybridized carbons (Fsp3) is 0.143. The summed E-state index contributed by atoms with van der Waals surface area (Å²) < 4.78 is 13.0. The molecule has 0 saturated carbocycles. The van der Waals surface area contributed by atoms with Crippen LogP contribution in [0.5, 0.6) is 0 Å². The Hall–Kier alpha value is -2.01. The maximum atomic E-state index is 13.0. The van der Waals surface area contributed by atoms with Crippen LogP contribution in [0.2, 0.25) is 0 Å². The number of aromatic nitrogens is 2. The number of hydrogen-bond donors (Lipinski definition) is 1. The molecule has 0 unspecified atom stereocenters. The molecule has 2 aromatic heterocycles. The molecule has 0 radical (unpaired) electrons. The lowest BCUT2D eigenvalue weighted by Gasteiger charge is -2.05. The third-order valence-corrected chi connectivity index (χ3v) is 3.80. The first kappa shape index (κ1) is 12.0. The largest absolute Gasteiger partial charge is 0.372 e. The molecule has 0 fully saturated rings. The number of nitrogens with one attached hydrogen (secondary N) is 1. The van der Waals surface area contributed by atoms with Gasteiger partial charge in [-0.3, -0.25) is 0 Å². The minimum Gasteiger partial charge on any atom is -0.372 e. The predicted octanol–water partition coefficient (Wildman–Crippen LogP) is 3.85. The van der Waals surface area contributed by atoms with E-state index in [1.54, 1.807) is 23.5 Å². The van der Waals surface area contributed by atoms with E-state index in [0.29, 0.717) is 5.82 Å². The lowest BCUT2D eigenvalue weighted by Crippen LogP contribution is -1.97. The summed E-state index contributed by atoms with van der Waals surface area (Å²) in [5.74, 6) is 1.15. The average molecular weight is 273 g/mol. The molecule has 5 heteroatoms. The van der Waals surface area contributed by atoms with Crippen LogP contribution in [0.3, 0.4) is 0 Å². The van der Waals surface area contributed by atoms with Crippen LogP contribution in [0.4, 0.5) is 10.2 Å². The molecule has 1 aromatic carbocycles. The van der Waals surface area contributed by atoms with Gasteiger partial charge in [0.1, 0.15) is 16.5 Å². The minimum atomic E-state index is -0.259. The maximum Gasteiger partial charge on any atom is 0.163 e. The van der Waals surface area contributed by atoms with Gasteiger partial charge in [-0.1, -0.05) is 0 Å². The Balaban J connectivity index is 2.21. The van der Waals surface area contributed by atoms with Gasteiger partial charge in [0.2, 0.25) is 0 Å². The van der Waals surface area contributed by atoms with Crippen molar-refractivity contribution in [2.24, 2.45) is 0 Å². The average Bonchev–Trinajstić information content (AvgIpc) is 2.78. The molecule has 3 nitrogen and oxygen atoms in total. The topological polar surface area (TPSA) is 37.8 Å². The number of benzene rings is 1. The summed E-state index contributed by atoms with van der Waals surface area (Å²) >= 11 is 1.63. The maximum absolute atomic E-state index is 13.0. The SMILES string of the molecule is CNc1nc(-c2ccc(F)cc2)nc2sc(C)cc12. The summed E-state index contributed by atoms with van der Waals surface area (Å²) in [7, 11) is 1.84. The summed E-state index contributed by atoms with van der Waals surface area (Å²) in [5, 5.41) is 4.11. The van der Waals surface area contributed by atoms with Gasteiger partial charge in [0.15, 0.2) is 5.82 Å². The number of aryl methyl sites for hydroxylation is 1. The van der Waals surface area contributed by atoms with Gasteiger partial charge in [-0.25, -0.2) is 14.4 Å². The van der Waals surface area contributed by atoms with Crippen molar-refractivity contribution in [3.05, 3.63) is 41.0 Å². The highest BCUT2D eigenvalue weighted by Crippen LogP contribution is 2.30. The summed E-state index contributed by atoms with van der Waals surface area (Å²) in [6, 6.07) is 8.29. The third kappa shape index (κ3) is 2.17. The molecule has 0 amide bonds. The van der Waals surface area contributed by atoms with Crippen molar-refractivity contribution < 1.29 is 4.39 Å². The van der Waals surface area contributed by atoms with Crippen molar-refractivity contribution in [1.29, 1.82) is 0 Å². The summed E-state index contributed by atoms with van der Waals surface area (Å²) in [6.45, 7) is 2.04. The van der Waals surface area contributed by atoms with E-state index in [1.807, 2.05) is 14.0 Å². The van der Waals surface area contributed by atoms with Crippen LogP contribution in [-0.2, 0) is 0 Å². The number of anilines is 1. The van der Waals surface area contributed by atoms with Crippen LogP contribution in [0, 0.1) is 12.7 Å². The highest BCUT2D eigenvalue weighted by Gasteiger charge is 2.10. The van der Waals surface area contributed by atoms with E-state index in [-0.39, 0.29) is 5.82 Å². The minimum absolute atomic E-state index is 0.259. The fourth-order valence-corrected chi connectivity index (χ4v) is 2.84. The van der Waals surface area contributed by atoms with Crippen LogP contribution in [0.1, 0.15) is 4.88 Å². The van der Waals surface area contributed by atoms with E-state index in [9.17, 15) is 4.39 Å². The van der Waals surface area contributed by atoms with E-state index in [2.05, 4.69) is 21.4 Å². The lowest BCUT2D eigenvalue weighted by molar-refractivity contribution is 0.628. The summed E-state index contributed by atoms with van der Waals surface area (Å²) in [5.41, 5.74) is 0.811. The van der Waals surface area contributed by atoms with Gasteiger partial charge in [0.05, 0.1) is 5.39 Å². The van der Waals surface area contributed by atoms with Crippen LogP contribution in [0.15, 0.2) is 30.3 Å². The molecule has 19 heavy (non-hydrogen) atoms. The normalized spacial score (nSPS) is 10.9. The molecule has 0 aliphatic rings. The molecular weight excluding hydrogens is 261 g/mol. The lowest BCUT2D eigenvalue weighted by atomic mass is 10.2. The molecule has 0 spiro atoms. The second kappa shape index (κ2) is 4.59. The van der Waals surface area contributed by atoms with E-state index >= 15 is 0 Å². The van der Waals surface area contributed by atoms with Gasteiger partial charge in [-0.05, 0) is 37.3 Å². The molecule has 3 rings (SSSR count). The van der Waals surface area contributed by atoms with Gasteiger partial charge in [0.25, 0.3) is 0 Å². The Morgan fingerprint density at radius 3 is 2.58 bits per heavy atom. The standard InChI is InChI=1S/C14H12FN3S/c1-8-7-11-13(16-2)17-12(18-14(11)19-8)9-3-5-10(15)6-4-9/h3-7H,1-2H3,(H,16,17,18). The van der Waals surface area contributed by atoms with E-state index in [0.717, 1.165) is 21.6 Å². The first-order valence-electron chi connectivity index (χ1n) is 5.89. The molecule has 2 heterocycles. The Bertz CT molecular complexity index is 734. The Labute approximate surface area is 114 Å². The number of hydrogen-bond acceptors (Lipinski definition) is 4. The number of halogens is 1. The van der Waals surface area contributed by atoms with Crippen molar-refractivity contribution in [1.82, 2.24) is 9.97 Å². The molecule has 1 N–H and O–H groups in total. The predicted molar refractivity (Wildman–Crippen MR) is 77.1 cm³/mol. The first-order chi connectivity index (χ1) is 9.17. The highest BCUT2D eigenvalue weighted by molar-refractivity contribution is 7.18. The Kier molecular flexibility index (Phi) is 2.91. The molecular formula is C14H12FN3S. The van der Waals surface area contributed by atoms with Gasteiger partial charge < -0.3 is 5.32 Å². The van der Waals surface area contributed by atoms with Crippen molar-refractivity contribution in [3.63, 3.8) is 0 Å². The zero-order chi connectivity index (χ0) is 13.4. The van der Waals surface area contributed by atoms with E-state index in [1.165, 1.54) is 17.0 Å².